The lowest BCUT2D eigenvalue weighted by Crippen LogP contribution is -2.35. The molecule has 0 spiro atoms. The number of likely N-dealkylation sites (tertiary alicyclic amines) is 1. The van der Waals surface area contributed by atoms with Crippen molar-refractivity contribution in [3.8, 4) is 0 Å². The maximum atomic E-state index is 5.42. The van der Waals surface area contributed by atoms with Gasteiger partial charge in [0.15, 0.2) is 0 Å². The zero-order chi connectivity index (χ0) is 13.0. The van der Waals surface area contributed by atoms with Gasteiger partial charge in [-0.2, -0.15) is 0 Å². The van der Waals surface area contributed by atoms with Crippen LogP contribution in [0.3, 0.4) is 0 Å². The van der Waals surface area contributed by atoms with Crippen molar-refractivity contribution in [3.63, 3.8) is 0 Å². The van der Waals surface area contributed by atoms with Crippen LogP contribution in [0.4, 0.5) is 0 Å². The van der Waals surface area contributed by atoms with Crippen LogP contribution in [0.25, 0.3) is 0 Å². The van der Waals surface area contributed by atoms with E-state index in [2.05, 4.69) is 25.3 Å². The van der Waals surface area contributed by atoms with Crippen LogP contribution < -0.4 is 0 Å². The van der Waals surface area contributed by atoms with E-state index in [1.807, 2.05) is 0 Å². The molecular weight excluding hydrogens is 222 g/mol. The van der Waals surface area contributed by atoms with Gasteiger partial charge in [0.1, 0.15) is 0 Å². The first-order valence-electron chi connectivity index (χ1n) is 7.67. The van der Waals surface area contributed by atoms with E-state index in [0.29, 0.717) is 0 Å². The first kappa shape index (κ1) is 13.9. The van der Waals surface area contributed by atoms with Crippen LogP contribution in [0.15, 0.2) is 12.3 Å². The molecule has 0 aliphatic carbocycles. The smallest absolute Gasteiger partial charge is 0.0468 e. The summed E-state index contributed by atoms with van der Waals surface area (Å²) in [6, 6.07) is 0. The molecule has 0 saturated carbocycles. The number of nitrogens with zero attached hydrogens (tertiary/aromatic N) is 1. The van der Waals surface area contributed by atoms with Gasteiger partial charge in [-0.25, -0.2) is 0 Å². The average Bonchev–Trinajstić information content (AvgIpc) is 2.40. The van der Waals surface area contributed by atoms with Gasteiger partial charge in [-0.3, -0.25) is 0 Å². The summed E-state index contributed by atoms with van der Waals surface area (Å²) in [5.74, 6) is 2.59. The molecule has 0 amide bonds. The number of hydrogen-bond acceptors (Lipinski definition) is 2. The minimum Gasteiger partial charge on any atom is -0.381 e. The van der Waals surface area contributed by atoms with E-state index in [9.17, 15) is 0 Å². The van der Waals surface area contributed by atoms with Crippen LogP contribution in [0.5, 0.6) is 0 Å². The third kappa shape index (κ3) is 3.74. The van der Waals surface area contributed by atoms with Crippen LogP contribution in [0.1, 0.15) is 46.0 Å². The van der Waals surface area contributed by atoms with Crippen molar-refractivity contribution in [2.75, 3.05) is 26.3 Å². The van der Waals surface area contributed by atoms with Crippen molar-refractivity contribution < 1.29 is 4.74 Å². The zero-order valence-corrected chi connectivity index (χ0v) is 12.2. The standard InChI is InChI=1S/C16H29NO/c1-13(2)16-4-8-17(9-5-16)14(3)12-15-6-10-18-11-7-15/h13,15-16H,3-12H2,1-2H3. The fourth-order valence-electron chi connectivity index (χ4n) is 3.30. The number of allylic oxidation sites excluding steroid dienone is 1. The molecule has 2 heterocycles. The van der Waals surface area contributed by atoms with Crippen molar-refractivity contribution in [1.82, 2.24) is 4.90 Å². The fourth-order valence-corrected chi connectivity index (χ4v) is 3.30. The minimum atomic E-state index is 0.814. The molecule has 2 rings (SSSR count). The molecule has 2 aliphatic rings. The second-order valence-corrected chi connectivity index (χ2v) is 6.39. The summed E-state index contributed by atoms with van der Waals surface area (Å²) in [5.41, 5.74) is 1.38. The Balaban J connectivity index is 1.73. The summed E-state index contributed by atoms with van der Waals surface area (Å²) in [5, 5.41) is 0. The maximum Gasteiger partial charge on any atom is 0.0468 e. The monoisotopic (exact) mass is 251 g/mol. The van der Waals surface area contributed by atoms with Crippen LogP contribution in [-0.4, -0.2) is 31.2 Å². The van der Waals surface area contributed by atoms with E-state index in [1.165, 1.54) is 50.9 Å². The summed E-state index contributed by atoms with van der Waals surface area (Å²) in [4.78, 5) is 2.54. The van der Waals surface area contributed by atoms with Gasteiger partial charge in [0.2, 0.25) is 0 Å². The lowest BCUT2D eigenvalue weighted by atomic mass is 9.86. The zero-order valence-electron chi connectivity index (χ0n) is 12.2. The van der Waals surface area contributed by atoms with Crippen LogP contribution in [0.2, 0.25) is 0 Å². The second-order valence-electron chi connectivity index (χ2n) is 6.39. The molecule has 0 unspecified atom stereocenters. The number of piperidine rings is 1. The van der Waals surface area contributed by atoms with E-state index in [4.69, 9.17) is 4.74 Å². The van der Waals surface area contributed by atoms with E-state index in [1.54, 1.807) is 0 Å². The normalized spacial score (nSPS) is 23.6. The highest BCUT2D eigenvalue weighted by Gasteiger charge is 2.23. The third-order valence-corrected chi connectivity index (χ3v) is 4.79. The molecule has 0 N–H and O–H groups in total. The predicted octanol–water partition coefficient (Wildman–Crippen LogP) is 3.68. The number of rotatable bonds is 4. The molecule has 0 radical (unpaired) electrons. The van der Waals surface area contributed by atoms with Crippen molar-refractivity contribution in [2.24, 2.45) is 17.8 Å². The number of ether oxygens (including phenoxy) is 1. The Morgan fingerprint density at radius 3 is 2.33 bits per heavy atom. The van der Waals surface area contributed by atoms with Gasteiger partial charge in [0.05, 0.1) is 0 Å². The molecule has 0 bridgehead atoms. The van der Waals surface area contributed by atoms with Crippen LogP contribution in [-0.2, 0) is 4.74 Å². The summed E-state index contributed by atoms with van der Waals surface area (Å²) in [6.07, 6.45) is 6.34. The van der Waals surface area contributed by atoms with Crippen molar-refractivity contribution in [3.05, 3.63) is 12.3 Å². The van der Waals surface area contributed by atoms with Gasteiger partial charge >= 0.3 is 0 Å². The molecule has 0 aromatic carbocycles. The number of hydrogen-bond donors (Lipinski definition) is 0. The molecule has 2 heteroatoms. The molecule has 2 nitrogen and oxygen atoms in total. The van der Waals surface area contributed by atoms with Gasteiger partial charge < -0.3 is 9.64 Å². The Kier molecular flexibility index (Phi) is 5.11. The highest BCUT2D eigenvalue weighted by Crippen LogP contribution is 2.29. The Morgan fingerprint density at radius 1 is 1.17 bits per heavy atom. The quantitative estimate of drug-likeness (QED) is 0.755. The van der Waals surface area contributed by atoms with Crippen LogP contribution in [0, 0.1) is 17.8 Å². The summed E-state index contributed by atoms with van der Waals surface area (Å²) in [7, 11) is 0. The van der Waals surface area contributed by atoms with Crippen molar-refractivity contribution in [1.29, 1.82) is 0 Å². The van der Waals surface area contributed by atoms with E-state index < -0.39 is 0 Å². The third-order valence-electron chi connectivity index (χ3n) is 4.79. The Bertz CT molecular complexity index is 260. The molecule has 2 saturated heterocycles. The molecule has 2 fully saturated rings. The molecule has 104 valence electrons. The largest absolute Gasteiger partial charge is 0.381 e. The van der Waals surface area contributed by atoms with Gasteiger partial charge in [-0.15, -0.1) is 0 Å². The second kappa shape index (κ2) is 6.60. The van der Waals surface area contributed by atoms with Gasteiger partial charge in [0, 0.05) is 32.0 Å². The first-order chi connectivity index (χ1) is 8.66. The Morgan fingerprint density at radius 2 is 1.78 bits per heavy atom. The van der Waals surface area contributed by atoms with Gasteiger partial charge in [-0.1, -0.05) is 20.4 Å². The SMILES string of the molecule is C=C(CC1CCOCC1)N1CCC(C(C)C)CC1. The molecule has 0 aromatic heterocycles. The van der Waals surface area contributed by atoms with Gasteiger partial charge in [0.25, 0.3) is 0 Å². The summed E-state index contributed by atoms with van der Waals surface area (Å²) in [6.45, 7) is 13.4. The maximum absolute atomic E-state index is 5.42. The van der Waals surface area contributed by atoms with Gasteiger partial charge in [-0.05, 0) is 49.9 Å². The lowest BCUT2D eigenvalue weighted by molar-refractivity contribution is 0.0632. The van der Waals surface area contributed by atoms with Crippen molar-refractivity contribution >= 4 is 0 Å². The lowest BCUT2D eigenvalue weighted by Gasteiger charge is -2.37. The summed E-state index contributed by atoms with van der Waals surface area (Å²) < 4.78 is 5.42. The first-order valence-corrected chi connectivity index (χ1v) is 7.67. The highest BCUT2D eigenvalue weighted by molar-refractivity contribution is 4.98. The Hall–Kier alpha value is -0.500. The van der Waals surface area contributed by atoms with Crippen LogP contribution >= 0.6 is 0 Å². The Labute approximate surface area is 112 Å². The molecule has 0 atom stereocenters. The molecule has 2 aliphatic heterocycles. The average molecular weight is 251 g/mol. The van der Waals surface area contributed by atoms with E-state index in [-0.39, 0.29) is 0 Å². The van der Waals surface area contributed by atoms with E-state index in [0.717, 1.165) is 31.0 Å². The van der Waals surface area contributed by atoms with E-state index >= 15 is 0 Å². The molecular formula is C16H29NO. The fraction of sp³-hybridized carbons (Fsp3) is 0.875. The summed E-state index contributed by atoms with van der Waals surface area (Å²) >= 11 is 0. The van der Waals surface area contributed by atoms with Crippen molar-refractivity contribution in [2.45, 2.75) is 46.0 Å². The topological polar surface area (TPSA) is 12.5 Å². The molecule has 0 aromatic rings. The highest BCUT2D eigenvalue weighted by atomic mass is 16.5. The predicted molar refractivity (Wildman–Crippen MR) is 76.4 cm³/mol. The minimum absolute atomic E-state index is 0.814. The molecule has 18 heavy (non-hydrogen) atoms.